The Hall–Kier alpha value is -1.81. The molecule has 4 heteroatoms. The highest BCUT2D eigenvalue weighted by Gasteiger charge is 2.27. The van der Waals surface area contributed by atoms with E-state index in [0.717, 1.165) is 32.9 Å². The highest BCUT2D eigenvalue weighted by molar-refractivity contribution is 7.85. The Kier molecular flexibility index (Phi) is 3.26. The van der Waals surface area contributed by atoms with Crippen LogP contribution in [-0.4, -0.2) is 18.4 Å². The second-order valence-electron chi connectivity index (χ2n) is 4.78. The second-order valence-corrected chi connectivity index (χ2v) is 6.16. The van der Waals surface area contributed by atoms with E-state index >= 15 is 0 Å². The molecule has 0 amide bonds. The van der Waals surface area contributed by atoms with E-state index in [2.05, 4.69) is 0 Å². The van der Waals surface area contributed by atoms with Crippen molar-refractivity contribution in [2.24, 2.45) is 0 Å². The molecule has 0 aromatic heterocycles. The molecule has 1 unspecified atom stereocenters. The van der Waals surface area contributed by atoms with Gasteiger partial charge in [0.05, 0.1) is 29.9 Å². The normalized spacial score (nSPS) is 16.2. The first-order valence-corrected chi connectivity index (χ1v) is 7.56. The largest absolute Gasteiger partial charge is 0.493 e. The van der Waals surface area contributed by atoms with Crippen molar-refractivity contribution in [3.05, 3.63) is 47.0 Å². The Balaban J connectivity index is 2.26. The van der Waals surface area contributed by atoms with Crippen molar-refractivity contribution >= 4 is 10.8 Å². The number of benzene rings is 2. The number of hydrogen-bond acceptors (Lipinski definition) is 3. The molecule has 0 saturated heterocycles. The van der Waals surface area contributed by atoms with Crippen molar-refractivity contribution in [1.82, 2.24) is 0 Å². The zero-order valence-electron chi connectivity index (χ0n) is 11.7. The number of fused-ring (bicyclic) bond motifs is 2. The SMILES string of the molecule is COc1cc2c(c(C)c1OC)S(=O)c1ccccc1C2. The van der Waals surface area contributed by atoms with Crippen molar-refractivity contribution in [2.45, 2.75) is 23.1 Å². The average Bonchev–Trinajstić information content (AvgIpc) is 2.46. The van der Waals surface area contributed by atoms with Gasteiger partial charge in [0.2, 0.25) is 0 Å². The third kappa shape index (κ3) is 1.83. The molecular weight excluding hydrogens is 272 g/mol. The third-order valence-electron chi connectivity index (χ3n) is 3.66. The van der Waals surface area contributed by atoms with Crippen LogP contribution in [-0.2, 0) is 17.2 Å². The van der Waals surface area contributed by atoms with Crippen LogP contribution in [0.4, 0.5) is 0 Å². The molecular formula is C16H16O3S. The quantitative estimate of drug-likeness (QED) is 0.727. The summed E-state index contributed by atoms with van der Waals surface area (Å²) < 4.78 is 23.6. The van der Waals surface area contributed by atoms with Gasteiger partial charge in [-0.25, -0.2) is 4.21 Å². The van der Waals surface area contributed by atoms with Gasteiger partial charge >= 0.3 is 0 Å². The van der Waals surface area contributed by atoms with Crippen LogP contribution in [0.5, 0.6) is 11.5 Å². The van der Waals surface area contributed by atoms with Gasteiger partial charge in [0.15, 0.2) is 11.5 Å². The Morgan fingerprint density at radius 1 is 1.10 bits per heavy atom. The van der Waals surface area contributed by atoms with Crippen molar-refractivity contribution < 1.29 is 13.7 Å². The lowest BCUT2D eigenvalue weighted by molar-refractivity contribution is 0.351. The van der Waals surface area contributed by atoms with E-state index in [0.29, 0.717) is 11.5 Å². The van der Waals surface area contributed by atoms with Gasteiger partial charge in [0, 0.05) is 16.9 Å². The molecule has 104 valence electrons. The summed E-state index contributed by atoms with van der Waals surface area (Å²) in [7, 11) is 2.07. The molecule has 2 aromatic rings. The Labute approximate surface area is 121 Å². The Bertz CT molecular complexity index is 707. The van der Waals surface area contributed by atoms with Gasteiger partial charge in [-0.1, -0.05) is 18.2 Å². The van der Waals surface area contributed by atoms with Gasteiger partial charge in [-0.15, -0.1) is 0 Å². The van der Waals surface area contributed by atoms with Crippen LogP contribution >= 0.6 is 0 Å². The zero-order valence-corrected chi connectivity index (χ0v) is 12.5. The number of rotatable bonds is 2. The molecule has 3 rings (SSSR count). The lowest BCUT2D eigenvalue weighted by Crippen LogP contribution is -2.12. The summed E-state index contributed by atoms with van der Waals surface area (Å²) in [5, 5.41) is 0. The molecule has 2 aromatic carbocycles. The van der Waals surface area contributed by atoms with Crippen LogP contribution in [0.25, 0.3) is 0 Å². The number of hydrogen-bond donors (Lipinski definition) is 0. The van der Waals surface area contributed by atoms with E-state index < -0.39 is 10.8 Å². The highest BCUT2D eigenvalue weighted by atomic mass is 32.2. The number of methoxy groups -OCH3 is 2. The molecule has 0 aliphatic carbocycles. The first-order chi connectivity index (χ1) is 9.67. The standard InChI is InChI=1S/C16H16O3S/c1-10-15(19-3)13(18-2)9-12-8-11-6-4-5-7-14(11)20(17)16(10)12/h4-7,9H,8H2,1-3H3. The molecule has 0 N–H and O–H groups in total. The van der Waals surface area contributed by atoms with Crippen LogP contribution in [0.3, 0.4) is 0 Å². The maximum Gasteiger partial charge on any atom is 0.164 e. The summed E-state index contributed by atoms with van der Waals surface area (Å²) in [6.45, 7) is 1.94. The molecule has 3 nitrogen and oxygen atoms in total. The summed E-state index contributed by atoms with van der Waals surface area (Å²) in [5.74, 6) is 1.36. The van der Waals surface area contributed by atoms with Crippen molar-refractivity contribution in [3.8, 4) is 11.5 Å². The lowest BCUT2D eigenvalue weighted by Gasteiger charge is -2.23. The summed E-state index contributed by atoms with van der Waals surface area (Å²) in [5.41, 5.74) is 3.07. The summed E-state index contributed by atoms with van der Waals surface area (Å²) in [4.78, 5) is 1.76. The fourth-order valence-electron chi connectivity index (χ4n) is 2.76. The van der Waals surface area contributed by atoms with Crippen molar-refractivity contribution in [2.75, 3.05) is 14.2 Å². The van der Waals surface area contributed by atoms with Gasteiger partial charge in [0.1, 0.15) is 0 Å². The fraction of sp³-hybridized carbons (Fsp3) is 0.250. The summed E-state index contributed by atoms with van der Waals surface area (Å²) in [6, 6.07) is 9.81. The minimum absolute atomic E-state index is 0.666. The van der Waals surface area contributed by atoms with Crippen LogP contribution < -0.4 is 9.47 Å². The molecule has 1 aliphatic rings. The molecule has 0 radical (unpaired) electrons. The van der Waals surface area contributed by atoms with E-state index in [9.17, 15) is 4.21 Å². The molecule has 1 atom stereocenters. The molecule has 20 heavy (non-hydrogen) atoms. The molecule has 0 bridgehead atoms. The van der Waals surface area contributed by atoms with Crippen LogP contribution in [0, 0.1) is 6.92 Å². The van der Waals surface area contributed by atoms with Gasteiger partial charge in [-0.2, -0.15) is 0 Å². The van der Waals surface area contributed by atoms with Gasteiger partial charge < -0.3 is 9.47 Å². The van der Waals surface area contributed by atoms with Gasteiger partial charge in [-0.05, 0) is 30.2 Å². The third-order valence-corrected chi connectivity index (χ3v) is 5.40. The molecule has 1 aliphatic heterocycles. The molecule has 0 fully saturated rings. The predicted molar refractivity (Wildman–Crippen MR) is 78.2 cm³/mol. The van der Waals surface area contributed by atoms with Crippen LogP contribution in [0.2, 0.25) is 0 Å². The Morgan fingerprint density at radius 2 is 1.85 bits per heavy atom. The predicted octanol–water partition coefficient (Wildman–Crippen LogP) is 3.08. The van der Waals surface area contributed by atoms with Crippen LogP contribution in [0.1, 0.15) is 16.7 Å². The minimum atomic E-state index is -1.16. The average molecular weight is 288 g/mol. The molecule has 1 heterocycles. The lowest BCUT2D eigenvalue weighted by atomic mass is 10.0. The summed E-state index contributed by atoms with van der Waals surface area (Å²) >= 11 is 0. The van der Waals surface area contributed by atoms with Crippen LogP contribution in [0.15, 0.2) is 40.1 Å². The summed E-state index contributed by atoms with van der Waals surface area (Å²) in [6.07, 6.45) is 0.776. The second kappa shape index (κ2) is 4.94. The first kappa shape index (κ1) is 13.2. The van der Waals surface area contributed by atoms with Gasteiger partial charge in [-0.3, -0.25) is 0 Å². The smallest absolute Gasteiger partial charge is 0.164 e. The van der Waals surface area contributed by atoms with Crippen molar-refractivity contribution in [1.29, 1.82) is 0 Å². The van der Waals surface area contributed by atoms with E-state index in [1.807, 2.05) is 37.3 Å². The van der Waals surface area contributed by atoms with E-state index in [-0.39, 0.29) is 0 Å². The Morgan fingerprint density at radius 3 is 2.55 bits per heavy atom. The highest BCUT2D eigenvalue weighted by Crippen LogP contribution is 2.42. The van der Waals surface area contributed by atoms with E-state index in [4.69, 9.17) is 9.47 Å². The van der Waals surface area contributed by atoms with Crippen molar-refractivity contribution in [3.63, 3.8) is 0 Å². The van der Waals surface area contributed by atoms with E-state index in [1.54, 1.807) is 14.2 Å². The fourth-order valence-corrected chi connectivity index (χ4v) is 4.30. The monoisotopic (exact) mass is 288 g/mol. The minimum Gasteiger partial charge on any atom is -0.493 e. The maximum atomic E-state index is 12.8. The van der Waals surface area contributed by atoms with E-state index in [1.165, 1.54) is 0 Å². The zero-order chi connectivity index (χ0) is 14.3. The topological polar surface area (TPSA) is 35.5 Å². The first-order valence-electron chi connectivity index (χ1n) is 6.41. The maximum absolute atomic E-state index is 12.8. The number of ether oxygens (including phenoxy) is 2. The van der Waals surface area contributed by atoms with Gasteiger partial charge in [0.25, 0.3) is 0 Å². The molecule has 0 saturated carbocycles. The molecule has 0 spiro atoms.